The molecule has 3 unspecified atom stereocenters. The molecule has 1 aromatic heterocycles. The zero-order valence-electron chi connectivity index (χ0n) is 16.0. The number of nitrogen functional groups attached to an aromatic ring is 1. The number of hydrogen-bond donors (Lipinski definition) is 3. The van der Waals surface area contributed by atoms with Crippen molar-refractivity contribution in [3.63, 3.8) is 0 Å². The van der Waals surface area contributed by atoms with Gasteiger partial charge in [0.1, 0.15) is 5.82 Å². The molecule has 144 valence electrons. The van der Waals surface area contributed by atoms with Crippen molar-refractivity contribution < 1.29 is 0 Å². The number of likely N-dealkylation sites (tertiary alicyclic amines) is 1. The van der Waals surface area contributed by atoms with Crippen molar-refractivity contribution in [3.05, 3.63) is 59.8 Å². The second-order valence-electron chi connectivity index (χ2n) is 7.86. The summed E-state index contributed by atoms with van der Waals surface area (Å²) < 4.78 is 0. The van der Waals surface area contributed by atoms with Gasteiger partial charge in [-0.3, -0.25) is 15.8 Å². The molecule has 2 aromatic rings. The fraction of sp³-hybridized carbons (Fsp3) is 0.500. The number of nitrogens with two attached hydrogens (primary N) is 1. The summed E-state index contributed by atoms with van der Waals surface area (Å²) in [5.41, 5.74) is 15.7. The average Bonchev–Trinajstić information content (AvgIpc) is 3.19. The number of benzene rings is 1. The predicted molar refractivity (Wildman–Crippen MR) is 110 cm³/mol. The van der Waals surface area contributed by atoms with Crippen LogP contribution in [0, 0.1) is 0 Å². The van der Waals surface area contributed by atoms with Crippen molar-refractivity contribution in [2.75, 3.05) is 25.4 Å². The Kier molecular flexibility index (Phi) is 6.02. The highest BCUT2D eigenvalue weighted by atomic mass is 15.4. The molecule has 0 saturated carbocycles. The summed E-state index contributed by atoms with van der Waals surface area (Å²) in [6.07, 6.45) is 8.11. The van der Waals surface area contributed by atoms with Gasteiger partial charge in [0.25, 0.3) is 0 Å². The summed E-state index contributed by atoms with van der Waals surface area (Å²) >= 11 is 0. The molecule has 3 heterocycles. The Balaban J connectivity index is 1.41. The Bertz CT molecular complexity index is 720. The SMILES string of the molecule is Nc1cc(C2CNNC2C2CCCCN2CCCc2ccccc2)ccn1. The molecule has 2 fully saturated rings. The van der Waals surface area contributed by atoms with Crippen LogP contribution in [-0.4, -0.2) is 41.6 Å². The molecule has 3 atom stereocenters. The first-order valence-electron chi connectivity index (χ1n) is 10.3. The molecule has 4 rings (SSSR count). The number of hydrogen-bond acceptors (Lipinski definition) is 5. The van der Waals surface area contributed by atoms with Crippen molar-refractivity contribution >= 4 is 5.82 Å². The average molecular weight is 366 g/mol. The summed E-state index contributed by atoms with van der Waals surface area (Å²) in [5.74, 6) is 1.05. The summed E-state index contributed by atoms with van der Waals surface area (Å²) in [4.78, 5) is 6.88. The number of aromatic nitrogens is 1. The molecule has 0 spiro atoms. The lowest BCUT2D eigenvalue weighted by Gasteiger charge is -2.41. The van der Waals surface area contributed by atoms with Crippen LogP contribution in [0.1, 0.15) is 42.7 Å². The molecule has 2 saturated heterocycles. The van der Waals surface area contributed by atoms with Gasteiger partial charge in [-0.25, -0.2) is 4.98 Å². The normalized spacial score (nSPS) is 26.3. The van der Waals surface area contributed by atoms with Crippen LogP contribution in [0.25, 0.3) is 0 Å². The van der Waals surface area contributed by atoms with Gasteiger partial charge < -0.3 is 5.73 Å². The minimum absolute atomic E-state index is 0.420. The van der Waals surface area contributed by atoms with Gasteiger partial charge in [0.05, 0.1) is 0 Å². The minimum atomic E-state index is 0.420. The van der Waals surface area contributed by atoms with Crippen LogP contribution >= 0.6 is 0 Å². The topological polar surface area (TPSA) is 66.2 Å². The molecule has 0 aliphatic carbocycles. The number of hydrazine groups is 1. The van der Waals surface area contributed by atoms with Gasteiger partial charge in [0, 0.05) is 30.7 Å². The van der Waals surface area contributed by atoms with Crippen LogP contribution in [-0.2, 0) is 6.42 Å². The van der Waals surface area contributed by atoms with Crippen molar-refractivity contribution in [2.45, 2.75) is 50.1 Å². The number of piperidine rings is 1. The molecule has 5 nitrogen and oxygen atoms in total. The second-order valence-corrected chi connectivity index (χ2v) is 7.86. The zero-order valence-corrected chi connectivity index (χ0v) is 16.0. The number of rotatable bonds is 6. The molecule has 2 aliphatic heterocycles. The van der Waals surface area contributed by atoms with E-state index in [2.05, 4.69) is 57.1 Å². The Hall–Kier alpha value is -1.95. The van der Waals surface area contributed by atoms with E-state index >= 15 is 0 Å². The monoisotopic (exact) mass is 365 g/mol. The van der Waals surface area contributed by atoms with E-state index in [0.717, 1.165) is 13.0 Å². The fourth-order valence-electron chi connectivity index (χ4n) is 4.73. The molecular formula is C22H31N5. The number of pyridine rings is 1. The number of anilines is 1. The third-order valence-corrected chi connectivity index (χ3v) is 6.09. The maximum Gasteiger partial charge on any atom is 0.123 e. The molecule has 0 bridgehead atoms. The zero-order chi connectivity index (χ0) is 18.5. The van der Waals surface area contributed by atoms with Gasteiger partial charge >= 0.3 is 0 Å². The molecule has 2 aliphatic rings. The van der Waals surface area contributed by atoms with Crippen molar-refractivity contribution in [1.82, 2.24) is 20.7 Å². The van der Waals surface area contributed by atoms with Gasteiger partial charge in [0.15, 0.2) is 0 Å². The van der Waals surface area contributed by atoms with Gasteiger partial charge in [0.2, 0.25) is 0 Å². The molecule has 0 amide bonds. The quantitative estimate of drug-likeness (QED) is 0.734. The molecule has 1 aromatic carbocycles. The lowest BCUT2D eigenvalue weighted by molar-refractivity contribution is 0.112. The minimum Gasteiger partial charge on any atom is -0.384 e. The van der Waals surface area contributed by atoms with Crippen molar-refractivity contribution in [2.24, 2.45) is 0 Å². The highest BCUT2D eigenvalue weighted by Gasteiger charge is 2.38. The third-order valence-electron chi connectivity index (χ3n) is 6.09. The Morgan fingerprint density at radius 3 is 2.89 bits per heavy atom. The van der Waals surface area contributed by atoms with Gasteiger partial charge in [-0.1, -0.05) is 36.8 Å². The van der Waals surface area contributed by atoms with E-state index in [-0.39, 0.29) is 0 Å². The second kappa shape index (κ2) is 8.83. The Morgan fingerprint density at radius 1 is 1.15 bits per heavy atom. The molecule has 5 heteroatoms. The summed E-state index contributed by atoms with van der Waals surface area (Å²) in [5, 5.41) is 0. The first kappa shape index (κ1) is 18.4. The molecule has 4 N–H and O–H groups in total. The van der Waals surface area contributed by atoms with Crippen LogP contribution in [0.2, 0.25) is 0 Å². The first-order chi connectivity index (χ1) is 13.3. The number of nitrogens with zero attached hydrogens (tertiary/aromatic N) is 2. The maximum atomic E-state index is 5.94. The van der Waals surface area contributed by atoms with Gasteiger partial charge in [-0.2, -0.15) is 0 Å². The van der Waals surface area contributed by atoms with E-state index in [1.807, 2.05) is 12.3 Å². The van der Waals surface area contributed by atoms with Crippen LogP contribution < -0.4 is 16.6 Å². The Labute approximate surface area is 162 Å². The smallest absolute Gasteiger partial charge is 0.123 e. The highest BCUT2D eigenvalue weighted by molar-refractivity contribution is 5.35. The summed E-state index contributed by atoms with van der Waals surface area (Å²) in [6, 6.07) is 16.0. The van der Waals surface area contributed by atoms with Crippen LogP contribution in [0.15, 0.2) is 48.7 Å². The van der Waals surface area contributed by atoms with Crippen LogP contribution in [0.5, 0.6) is 0 Å². The molecule has 27 heavy (non-hydrogen) atoms. The van der Waals surface area contributed by atoms with Crippen molar-refractivity contribution in [1.29, 1.82) is 0 Å². The number of nitrogens with one attached hydrogen (secondary N) is 2. The van der Waals surface area contributed by atoms with Crippen LogP contribution in [0.3, 0.4) is 0 Å². The van der Waals surface area contributed by atoms with E-state index in [1.165, 1.54) is 49.9 Å². The fourth-order valence-corrected chi connectivity index (χ4v) is 4.73. The first-order valence-corrected chi connectivity index (χ1v) is 10.3. The Morgan fingerprint density at radius 2 is 2.04 bits per heavy atom. The van der Waals surface area contributed by atoms with E-state index < -0.39 is 0 Å². The van der Waals surface area contributed by atoms with E-state index in [4.69, 9.17) is 5.73 Å². The standard InChI is InChI=1S/C22H31N5/c23-21-15-18(11-12-24-21)19-16-25-26-22(19)20-10-4-5-13-27(20)14-6-9-17-7-2-1-3-8-17/h1-3,7-8,11-12,15,19-20,22,25-26H,4-6,9-10,13-14,16H2,(H2,23,24). The third kappa shape index (κ3) is 4.49. The maximum absolute atomic E-state index is 5.94. The largest absolute Gasteiger partial charge is 0.384 e. The molecular weight excluding hydrogens is 334 g/mol. The van der Waals surface area contributed by atoms with Crippen molar-refractivity contribution in [3.8, 4) is 0 Å². The van der Waals surface area contributed by atoms with E-state index in [9.17, 15) is 0 Å². The molecule has 0 radical (unpaired) electrons. The predicted octanol–water partition coefficient (Wildman–Crippen LogP) is 2.71. The van der Waals surface area contributed by atoms with E-state index in [0.29, 0.717) is 23.8 Å². The lowest BCUT2D eigenvalue weighted by atomic mass is 9.84. The summed E-state index contributed by atoms with van der Waals surface area (Å²) in [7, 11) is 0. The van der Waals surface area contributed by atoms with Crippen LogP contribution in [0.4, 0.5) is 5.82 Å². The number of aryl methyl sites for hydroxylation is 1. The van der Waals surface area contributed by atoms with E-state index in [1.54, 1.807) is 0 Å². The lowest BCUT2D eigenvalue weighted by Crippen LogP contribution is -2.53. The van der Waals surface area contributed by atoms with Gasteiger partial charge in [-0.15, -0.1) is 0 Å². The summed E-state index contributed by atoms with van der Waals surface area (Å²) in [6.45, 7) is 3.33. The highest BCUT2D eigenvalue weighted by Crippen LogP contribution is 2.31. The van der Waals surface area contributed by atoms with Gasteiger partial charge in [-0.05, 0) is 62.0 Å².